The number of thiophene rings is 1. The number of aromatic nitrogens is 1. The predicted molar refractivity (Wildman–Crippen MR) is 120 cm³/mol. The van der Waals surface area contributed by atoms with Crippen LogP contribution in [-0.4, -0.2) is 23.9 Å². The monoisotopic (exact) mass is 417 g/mol. The van der Waals surface area contributed by atoms with Gasteiger partial charge in [0, 0.05) is 18.0 Å². The first-order chi connectivity index (χ1) is 14.5. The molecular weight excluding hydrogens is 398 g/mol. The first-order valence-electron chi connectivity index (χ1n) is 9.26. The van der Waals surface area contributed by atoms with Crippen LogP contribution in [0.2, 0.25) is 0 Å². The van der Waals surface area contributed by atoms with Crippen molar-refractivity contribution in [2.24, 2.45) is 0 Å². The SMILES string of the molecule is COc1ccc(NC(C)=O)cc1NC(=O)c1cc(-c2cccs2)nc2ccccc12. The van der Waals surface area contributed by atoms with E-state index < -0.39 is 0 Å². The Morgan fingerprint density at radius 3 is 2.57 bits per heavy atom. The number of methoxy groups -OCH3 is 1. The first kappa shape index (κ1) is 19.6. The number of pyridine rings is 1. The lowest BCUT2D eigenvalue weighted by molar-refractivity contribution is -0.114. The van der Waals surface area contributed by atoms with E-state index in [9.17, 15) is 9.59 Å². The van der Waals surface area contributed by atoms with E-state index in [1.54, 1.807) is 35.6 Å². The second-order valence-electron chi connectivity index (χ2n) is 6.60. The molecule has 4 rings (SSSR count). The zero-order chi connectivity index (χ0) is 21.1. The van der Waals surface area contributed by atoms with Crippen molar-refractivity contribution < 1.29 is 14.3 Å². The molecule has 0 aliphatic rings. The van der Waals surface area contributed by atoms with E-state index in [0.29, 0.717) is 22.7 Å². The van der Waals surface area contributed by atoms with Gasteiger partial charge in [-0.1, -0.05) is 24.3 Å². The number of fused-ring (bicyclic) bond motifs is 1. The Morgan fingerprint density at radius 1 is 1.00 bits per heavy atom. The second-order valence-corrected chi connectivity index (χ2v) is 7.55. The van der Waals surface area contributed by atoms with Gasteiger partial charge in [-0.3, -0.25) is 9.59 Å². The molecule has 0 saturated heterocycles. The normalized spacial score (nSPS) is 10.6. The van der Waals surface area contributed by atoms with Crippen LogP contribution in [0, 0.1) is 0 Å². The van der Waals surface area contributed by atoms with Crippen molar-refractivity contribution in [2.45, 2.75) is 6.92 Å². The van der Waals surface area contributed by atoms with Crippen molar-refractivity contribution in [2.75, 3.05) is 17.7 Å². The number of nitrogens with one attached hydrogen (secondary N) is 2. The van der Waals surface area contributed by atoms with Crippen molar-refractivity contribution in [3.8, 4) is 16.3 Å². The Hall–Kier alpha value is -3.71. The van der Waals surface area contributed by atoms with Crippen LogP contribution < -0.4 is 15.4 Å². The fourth-order valence-corrected chi connectivity index (χ4v) is 3.88. The Balaban J connectivity index is 1.76. The van der Waals surface area contributed by atoms with Crippen molar-refractivity contribution in [3.63, 3.8) is 0 Å². The zero-order valence-electron chi connectivity index (χ0n) is 16.4. The molecule has 0 radical (unpaired) electrons. The van der Waals surface area contributed by atoms with E-state index >= 15 is 0 Å². The third-order valence-corrected chi connectivity index (χ3v) is 5.39. The van der Waals surface area contributed by atoms with Gasteiger partial charge in [-0.25, -0.2) is 4.98 Å². The Labute approximate surface area is 177 Å². The molecule has 150 valence electrons. The topological polar surface area (TPSA) is 80.3 Å². The lowest BCUT2D eigenvalue weighted by atomic mass is 10.1. The molecule has 2 N–H and O–H groups in total. The molecule has 30 heavy (non-hydrogen) atoms. The largest absolute Gasteiger partial charge is 0.495 e. The predicted octanol–water partition coefficient (Wildman–Crippen LogP) is 5.18. The Morgan fingerprint density at radius 2 is 1.83 bits per heavy atom. The zero-order valence-corrected chi connectivity index (χ0v) is 17.2. The number of anilines is 2. The molecule has 7 heteroatoms. The summed E-state index contributed by atoms with van der Waals surface area (Å²) in [5.41, 5.74) is 3.03. The van der Waals surface area contributed by atoms with Gasteiger partial charge in [-0.05, 0) is 41.8 Å². The maximum atomic E-state index is 13.3. The van der Waals surface area contributed by atoms with E-state index in [1.807, 2.05) is 41.8 Å². The molecule has 0 saturated carbocycles. The number of carbonyl (C=O) groups is 2. The molecule has 0 atom stereocenters. The highest BCUT2D eigenvalue weighted by Crippen LogP contribution is 2.31. The van der Waals surface area contributed by atoms with E-state index in [0.717, 1.165) is 21.5 Å². The molecule has 4 aromatic rings. The lowest BCUT2D eigenvalue weighted by Gasteiger charge is -2.14. The van der Waals surface area contributed by atoms with Crippen molar-refractivity contribution >= 4 is 45.4 Å². The van der Waals surface area contributed by atoms with Crippen LogP contribution in [0.15, 0.2) is 66.0 Å². The maximum absolute atomic E-state index is 13.3. The summed E-state index contributed by atoms with van der Waals surface area (Å²) in [6, 6.07) is 18.4. The smallest absolute Gasteiger partial charge is 0.256 e. The fourth-order valence-electron chi connectivity index (χ4n) is 3.19. The number of para-hydroxylation sites is 1. The minimum atomic E-state index is -0.287. The van der Waals surface area contributed by atoms with Gasteiger partial charge < -0.3 is 15.4 Å². The van der Waals surface area contributed by atoms with Crippen molar-refractivity contribution in [3.05, 3.63) is 71.6 Å². The van der Waals surface area contributed by atoms with Gasteiger partial charge in [-0.15, -0.1) is 11.3 Å². The van der Waals surface area contributed by atoms with E-state index in [2.05, 4.69) is 10.6 Å². The minimum Gasteiger partial charge on any atom is -0.495 e. The van der Waals surface area contributed by atoms with Gasteiger partial charge in [0.2, 0.25) is 5.91 Å². The summed E-state index contributed by atoms with van der Waals surface area (Å²) in [5.74, 6) is 0.0112. The number of nitrogens with zero attached hydrogens (tertiary/aromatic N) is 1. The second kappa shape index (κ2) is 8.34. The van der Waals surface area contributed by atoms with Crippen LogP contribution in [-0.2, 0) is 4.79 Å². The maximum Gasteiger partial charge on any atom is 0.256 e. The number of hydrogen-bond acceptors (Lipinski definition) is 5. The summed E-state index contributed by atoms with van der Waals surface area (Å²) in [6.45, 7) is 1.43. The molecule has 0 aliphatic heterocycles. The molecule has 0 aliphatic carbocycles. The van der Waals surface area contributed by atoms with Crippen LogP contribution >= 0.6 is 11.3 Å². The summed E-state index contributed by atoms with van der Waals surface area (Å²) in [5, 5.41) is 8.36. The summed E-state index contributed by atoms with van der Waals surface area (Å²) >= 11 is 1.57. The van der Waals surface area contributed by atoms with Crippen molar-refractivity contribution in [1.82, 2.24) is 4.98 Å². The number of carbonyl (C=O) groups excluding carboxylic acids is 2. The highest BCUT2D eigenvalue weighted by Gasteiger charge is 2.16. The summed E-state index contributed by atoms with van der Waals surface area (Å²) in [6.07, 6.45) is 0. The Bertz CT molecular complexity index is 1240. The molecule has 0 bridgehead atoms. The van der Waals surface area contributed by atoms with Crippen LogP contribution in [0.5, 0.6) is 5.75 Å². The minimum absolute atomic E-state index is 0.196. The number of ether oxygens (including phenoxy) is 1. The molecule has 2 aromatic heterocycles. The molecule has 0 fully saturated rings. The number of rotatable bonds is 5. The van der Waals surface area contributed by atoms with E-state index in [4.69, 9.17) is 9.72 Å². The summed E-state index contributed by atoms with van der Waals surface area (Å²) < 4.78 is 5.37. The number of hydrogen-bond donors (Lipinski definition) is 2. The van der Waals surface area contributed by atoms with Gasteiger partial charge in [0.25, 0.3) is 5.91 Å². The van der Waals surface area contributed by atoms with Crippen LogP contribution in [0.1, 0.15) is 17.3 Å². The molecule has 2 aromatic carbocycles. The third-order valence-electron chi connectivity index (χ3n) is 4.50. The van der Waals surface area contributed by atoms with Gasteiger partial charge in [0.15, 0.2) is 0 Å². The molecule has 0 unspecified atom stereocenters. The molecule has 6 nitrogen and oxygen atoms in total. The van der Waals surface area contributed by atoms with Gasteiger partial charge >= 0.3 is 0 Å². The highest BCUT2D eigenvalue weighted by molar-refractivity contribution is 7.13. The van der Waals surface area contributed by atoms with Gasteiger partial charge in [0.05, 0.1) is 34.4 Å². The third kappa shape index (κ3) is 4.01. The fraction of sp³-hybridized carbons (Fsp3) is 0.0870. The van der Waals surface area contributed by atoms with Crippen LogP contribution in [0.25, 0.3) is 21.5 Å². The standard InChI is InChI=1S/C23H19N3O3S/c1-14(27)24-15-9-10-21(29-2)19(12-15)26-23(28)17-13-20(22-8-5-11-30-22)25-18-7-4-3-6-16(17)18/h3-13H,1-2H3,(H,24,27)(H,26,28). The average molecular weight is 417 g/mol. The number of benzene rings is 2. The van der Waals surface area contributed by atoms with Crippen molar-refractivity contribution in [1.29, 1.82) is 0 Å². The lowest BCUT2D eigenvalue weighted by Crippen LogP contribution is -2.14. The molecular formula is C23H19N3O3S. The van der Waals surface area contributed by atoms with Gasteiger partial charge in [-0.2, -0.15) is 0 Å². The average Bonchev–Trinajstić information content (AvgIpc) is 3.27. The van der Waals surface area contributed by atoms with Crippen LogP contribution in [0.3, 0.4) is 0 Å². The van der Waals surface area contributed by atoms with E-state index in [-0.39, 0.29) is 11.8 Å². The molecule has 0 spiro atoms. The number of amides is 2. The first-order valence-corrected chi connectivity index (χ1v) is 10.1. The molecule has 2 heterocycles. The quantitative estimate of drug-likeness (QED) is 0.469. The molecule has 2 amide bonds. The van der Waals surface area contributed by atoms with Gasteiger partial charge in [0.1, 0.15) is 5.75 Å². The summed E-state index contributed by atoms with van der Waals surface area (Å²) in [4.78, 5) is 30.3. The summed E-state index contributed by atoms with van der Waals surface area (Å²) in [7, 11) is 1.53. The highest BCUT2D eigenvalue weighted by atomic mass is 32.1. The van der Waals surface area contributed by atoms with E-state index in [1.165, 1.54) is 14.0 Å². The van der Waals surface area contributed by atoms with Crippen LogP contribution in [0.4, 0.5) is 11.4 Å². The Kier molecular flexibility index (Phi) is 5.45.